The molecule has 9 nitrogen and oxygen atoms in total. The van der Waals surface area contributed by atoms with Crippen molar-refractivity contribution in [3.8, 4) is 0 Å². The van der Waals surface area contributed by atoms with Gasteiger partial charge < -0.3 is 24.1 Å². The molecule has 1 N–H and O–H groups in total. The van der Waals surface area contributed by atoms with Crippen LogP contribution in [-0.2, 0) is 28.5 Å². The fourth-order valence-electron chi connectivity index (χ4n) is 1.92. The van der Waals surface area contributed by atoms with Crippen LogP contribution < -0.4 is 0 Å². The summed E-state index contributed by atoms with van der Waals surface area (Å²) in [6.07, 6.45) is -4.22. The van der Waals surface area contributed by atoms with Crippen LogP contribution in [0.3, 0.4) is 0 Å². The Hall–Kier alpha value is -3.46. The van der Waals surface area contributed by atoms with Gasteiger partial charge in [-0.1, -0.05) is 25.3 Å². The van der Waals surface area contributed by atoms with Crippen molar-refractivity contribution < 1.29 is 43.2 Å². The lowest BCUT2D eigenvalue weighted by atomic mass is 10.1. The number of hydrogen-bond donors (Lipinski definition) is 1. The Labute approximate surface area is 173 Å². The number of ether oxygens (including phenoxy) is 4. The van der Waals surface area contributed by atoms with Gasteiger partial charge in [-0.05, 0) is 32.9 Å². The van der Waals surface area contributed by atoms with Gasteiger partial charge in [-0.25, -0.2) is 19.2 Å². The van der Waals surface area contributed by atoms with E-state index in [1.807, 2.05) is 0 Å². The molecule has 0 bridgehead atoms. The van der Waals surface area contributed by atoms with E-state index in [-0.39, 0.29) is 22.3 Å². The lowest BCUT2D eigenvalue weighted by Gasteiger charge is -2.21. The van der Waals surface area contributed by atoms with E-state index in [0.29, 0.717) is 0 Å². The third-order valence-corrected chi connectivity index (χ3v) is 3.45. The molecule has 0 aliphatic carbocycles. The maximum atomic E-state index is 12.5. The molecule has 0 fully saturated rings. The van der Waals surface area contributed by atoms with Crippen LogP contribution in [0.2, 0.25) is 0 Å². The molecule has 0 aromatic heterocycles. The molecule has 9 heteroatoms. The molecular formula is C21H24O9. The molecule has 0 radical (unpaired) electrons. The van der Waals surface area contributed by atoms with Crippen LogP contribution in [0, 0.1) is 0 Å². The number of rotatable bonds is 9. The molecule has 0 heterocycles. The molecule has 1 aromatic rings. The molecule has 0 amide bonds. The number of benzene rings is 1. The van der Waals surface area contributed by atoms with Gasteiger partial charge in [0.25, 0.3) is 6.29 Å². The number of aliphatic hydroxyl groups is 1. The molecule has 3 unspecified atom stereocenters. The van der Waals surface area contributed by atoms with E-state index in [9.17, 15) is 24.3 Å². The van der Waals surface area contributed by atoms with Crippen LogP contribution in [-0.4, -0.2) is 47.7 Å². The first-order chi connectivity index (χ1) is 13.9. The second-order valence-electron chi connectivity index (χ2n) is 6.40. The first kappa shape index (κ1) is 24.6. The maximum Gasteiger partial charge on any atom is 0.342 e. The topological polar surface area (TPSA) is 125 Å². The Bertz CT molecular complexity index is 854. The van der Waals surface area contributed by atoms with Crippen molar-refractivity contribution in [3.05, 3.63) is 59.7 Å². The largest absolute Gasteiger partial charge is 0.422 e. The Morgan fingerprint density at radius 1 is 0.800 bits per heavy atom. The van der Waals surface area contributed by atoms with Crippen LogP contribution in [0.5, 0.6) is 0 Å². The quantitative estimate of drug-likeness (QED) is 0.364. The molecule has 30 heavy (non-hydrogen) atoms. The van der Waals surface area contributed by atoms with Crippen LogP contribution in [0.25, 0.3) is 0 Å². The summed E-state index contributed by atoms with van der Waals surface area (Å²) in [5, 5.41) is 9.73. The van der Waals surface area contributed by atoms with Gasteiger partial charge in [0, 0.05) is 18.1 Å². The smallest absolute Gasteiger partial charge is 0.342 e. The highest BCUT2D eigenvalue weighted by Crippen LogP contribution is 2.16. The van der Waals surface area contributed by atoms with Gasteiger partial charge in [0.05, 0.1) is 11.1 Å². The Morgan fingerprint density at radius 3 is 1.67 bits per heavy atom. The highest BCUT2D eigenvalue weighted by atomic mass is 16.7. The summed E-state index contributed by atoms with van der Waals surface area (Å²) in [6, 6.07) is 5.52. The van der Waals surface area contributed by atoms with Crippen molar-refractivity contribution >= 4 is 23.9 Å². The Kier molecular flexibility index (Phi) is 8.94. The van der Waals surface area contributed by atoms with E-state index in [2.05, 4.69) is 13.2 Å². The predicted molar refractivity (Wildman–Crippen MR) is 104 cm³/mol. The van der Waals surface area contributed by atoms with Crippen molar-refractivity contribution in [3.63, 3.8) is 0 Å². The summed E-state index contributed by atoms with van der Waals surface area (Å²) in [5.74, 6) is -3.62. The van der Waals surface area contributed by atoms with Crippen LogP contribution in [0.4, 0.5) is 0 Å². The zero-order chi connectivity index (χ0) is 23.0. The minimum absolute atomic E-state index is 0.0407. The van der Waals surface area contributed by atoms with E-state index in [0.717, 1.165) is 0 Å². The molecule has 1 aromatic carbocycles. The SMILES string of the molecule is C=C(C)C(=O)OC(C)OC(=O)c1ccccc1C(=O)OC(OC(=O)C(=C)C)C(C)O. The molecule has 162 valence electrons. The second-order valence-corrected chi connectivity index (χ2v) is 6.40. The molecule has 0 saturated heterocycles. The van der Waals surface area contributed by atoms with Gasteiger partial charge >= 0.3 is 23.9 Å². The number of hydrogen-bond acceptors (Lipinski definition) is 9. The zero-order valence-electron chi connectivity index (χ0n) is 17.2. The van der Waals surface area contributed by atoms with E-state index in [1.165, 1.54) is 52.0 Å². The number of esters is 4. The third-order valence-electron chi connectivity index (χ3n) is 3.45. The normalized spacial score (nSPS) is 13.2. The highest BCUT2D eigenvalue weighted by Gasteiger charge is 2.28. The number of aliphatic hydroxyl groups excluding tert-OH is 1. The van der Waals surface area contributed by atoms with E-state index < -0.39 is 42.6 Å². The summed E-state index contributed by atoms with van der Waals surface area (Å²) >= 11 is 0. The van der Waals surface area contributed by atoms with Gasteiger partial charge in [0.15, 0.2) is 0 Å². The average molecular weight is 420 g/mol. The van der Waals surface area contributed by atoms with Gasteiger partial charge in [-0.15, -0.1) is 0 Å². The van der Waals surface area contributed by atoms with Crippen molar-refractivity contribution in [1.29, 1.82) is 0 Å². The van der Waals surface area contributed by atoms with Gasteiger partial charge in [-0.3, -0.25) is 0 Å². The summed E-state index contributed by atoms with van der Waals surface area (Å²) in [6.45, 7) is 12.2. The maximum absolute atomic E-state index is 12.5. The minimum atomic E-state index is -1.62. The lowest BCUT2D eigenvalue weighted by molar-refractivity contribution is -0.181. The van der Waals surface area contributed by atoms with E-state index in [4.69, 9.17) is 18.9 Å². The summed E-state index contributed by atoms with van der Waals surface area (Å²) in [5.41, 5.74) is -0.233. The first-order valence-corrected chi connectivity index (χ1v) is 8.86. The van der Waals surface area contributed by atoms with Crippen LogP contribution in [0.1, 0.15) is 48.4 Å². The molecule has 3 atom stereocenters. The summed E-state index contributed by atoms with van der Waals surface area (Å²) < 4.78 is 19.8. The van der Waals surface area contributed by atoms with Gasteiger partial charge in [0.1, 0.15) is 6.10 Å². The fraction of sp³-hybridized carbons (Fsp3) is 0.333. The molecular weight excluding hydrogens is 396 g/mol. The van der Waals surface area contributed by atoms with Crippen LogP contribution >= 0.6 is 0 Å². The van der Waals surface area contributed by atoms with E-state index >= 15 is 0 Å². The molecule has 0 aliphatic rings. The Morgan fingerprint density at radius 2 is 1.23 bits per heavy atom. The molecule has 0 saturated carbocycles. The van der Waals surface area contributed by atoms with E-state index in [1.54, 1.807) is 0 Å². The third kappa shape index (κ3) is 7.17. The minimum Gasteiger partial charge on any atom is -0.422 e. The highest BCUT2D eigenvalue weighted by molar-refractivity contribution is 6.03. The zero-order valence-corrected chi connectivity index (χ0v) is 17.2. The average Bonchev–Trinajstić information content (AvgIpc) is 2.66. The molecule has 0 aliphatic heterocycles. The molecule has 1 rings (SSSR count). The van der Waals surface area contributed by atoms with Gasteiger partial charge in [-0.2, -0.15) is 0 Å². The monoisotopic (exact) mass is 420 g/mol. The van der Waals surface area contributed by atoms with Crippen molar-refractivity contribution in [1.82, 2.24) is 0 Å². The summed E-state index contributed by atoms with van der Waals surface area (Å²) in [4.78, 5) is 48.1. The lowest BCUT2D eigenvalue weighted by Crippen LogP contribution is -2.34. The first-order valence-electron chi connectivity index (χ1n) is 8.86. The second kappa shape index (κ2) is 10.9. The van der Waals surface area contributed by atoms with Gasteiger partial charge in [0.2, 0.25) is 6.29 Å². The summed E-state index contributed by atoms with van der Waals surface area (Å²) in [7, 11) is 0. The Balaban J connectivity index is 2.98. The van der Waals surface area contributed by atoms with Crippen molar-refractivity contribution in [2.24, 2.45) is 0 Å². The standard InChI is InChI=1S/C21H24O9/c1-11(2)17(23)27-14(6)28-19(25)15-9-7-8-10-16(15)20(26)30-21(13(5)22)29-18(24)12(3)4/h7-10,13-14,21-22H,1,3H2,2,4-6H3. The fourth-order valence-corrected chi connectivity index (χ4v) is 1.92. The predicted octanol–water partition coefficient (Wildman–Crippen LogP) is 2.29. The number of carbonyl (C=O) groups excluding carboxylic acids is 4. The molecule has 0 spiro atoms. The number of carbonyl (C=O) groups is 4. The van der Waals surface area contributed by atoms with Crippen LogP contribution in [0.15, 0.2) is 48.6 Å². The van der Waals surface area contributed by atoms with Crippen molar-refractivity contribution in [2.75, 3.05) is 0 Å². The van der Waals surface area contributed by atoms with Crippen molar-refractivity contribution in [2.45, 2.75) is 46.4 Å².